The van der Waals surface area contributed by atoms with Crippen molar-refractivity contribution in [2.45, 2.75) is 27.2 Å². The molecule has 3 nitrogen and oxygen atoms in total. The first kappa shape index (κ1) is 10.7. The van der Waals surface area contributed by atoms with Gasteiger partial charge in [0.15, 0.2) is 0 Å². The van der Waals surface area contributed by atoms with Crippen LogP contribution in [0.3, 0.4) is 0 Å². The molecular formula is C13H15N3. The maximum absolute atomic E-state index is 4.27. The zero-order chi connectivity index (χ0) is 11.5. The maximum Gasteiger partial charge on any atom is 0.115 e. The molecule has 0 amide bonds. The Kier molecular flexibility index (Phi) is 2.95. The van der Waals surface area contributed by atoms with E-state index in [1.54, 1.807) is 6.33 Å². The normalized spacial score (nSPS) is 10.4. The van der Waals surface area contributed by atoms with Crippen molar-refractivity contribution in [3.63, 3.8) is 0 Å². The number of pyridine rings is 1. The third-order valence-corrected chi connectivity index (χ3v) is 2.96. The molecule has 0 spiro atoms. The molecule has 0 aliphatic carbocycles. The van der Waals surface area contributed by atoms with Crippen LogP contribution in [0.15, 0.2) is 24.8 Å². The summed E-state index contributed by atoms with van der Waals surface area (Å²) in [5.41, 5.74) is 5.86. The lowest BCUT2D eigenvalue weighted by Crippen LogP contribution is -1.99. The molecule has 2 aromatic heterocycles. The second-order valence-corrected chi connectivity index (χ2v) is 3.99. The molecule has 82 valence electrons. The Morgan fingerprint density at radius 1 is 1.00 bits per heavy atom. The first-order valence-electron chi connectivity index (χ1n) is 5.35. The van der Waals surface area contributed by atoms with Gasteiger partial charge in [-0.15, -0.1) is 0 Å². The summed E-state index contributed by atoms with van der Waals surface area (Å²) >= 11 is 0. The molecule has 0 unspecified atom stereocenters. The standard InChI is InChI=1S/C13H15N3/c1-9-10(2)15-5-4-12(9)6-13-7-14-8-16-11(13)3/h4-5,7-8H,6H2,1-3H3. The monoisotopic (exact) mass is 213 g/mol. The van der Waals surface area contributed by atoms with Gasteiger partial charge in [0.25, 0.3) is 0 Å². The van der Waals surface area contributed by atoms with Crippen LogP contribution in [0, 0.1) is 20.8 Å². The van der Waals surface area contributed by atoms with Crippen molar-refractivity contribution in [3.8, 4) is 0 Å². The first-order valence-corrected chi connectivity index (χ1v) is 5.35. The molecule has 0 aliphatic rings. The minimum absolute atomic E-state index is 0.877. The van der Waals surface area contributed by atoms with Gasteiger partial charge in [0, 0.05) is 30.2 Å². The van der Waals surface area contributed by atoms with Crippen LogP contribution < -0.4 is 0 Å². The molecule has 2 heterocycles. The van der Waals surface area contributed by atoms with Gasteiger partial charge >= 0.3 is 0 Å². The Labute approximate surface area is 95.6 Å². The molecular weight excluding hydrogens is 198 g/mol. The number of nitrogens with zero attached hydrogens (tertiary/aromatic N) is 3. The molecule has 0 fully saturated rings. The van der Waals surface area contributed by atoms with Crippen molar-refractivity contribution in [1.82, 2.24) is 15.0 Å². The zero-order valence-corrected chi connectivity index (χ0v) is 9.86. The topological polar surface area (TPSA) is 38.7 Å². The van der Waals surface area contributed by atoms with Crippen molar-refractivity contribution < 1.29 is 0 Å². The lowest BCUT2D eigenvalue weighted by atomic mass is 10.0. The number of aryl methyl sites for hydroxylation is 2. The van der Waals surface area contributed by atoms with Crippen molar-refractivity contribution in [3.05, 3.63) is 52.9 Å². The summed E-state index contributed by atoms with van der Waals surface area (Å²) in [4.78, 5) is 12.5. The summed E-state index contributed by atoms with van der Waals surface area (Å²) in [6.07, 6.45) is 6.21. The lowest BCUT2D eigenvalue weighted by Gasteiger charge is -2.08. The van der Waals surface area contributed by atoms with E-state index >= 15 is 0 Å². The Bertz CT molecular complexity index is 506. The van der Waals surface area contributed by atoms with E-state index in [-0.39, 0.29) is 0 Å². The molecule has 0 atom stereocenters. The number of aromatic nitrogens is 3. The molecule has 0 saturated heterocycles. The Morgan fingerprint density at radius 2 is 1.81 bits per heavy atom. The SMILES string of the molecule is Cc1ncncc1Cc1ccnc(C)c1C. The van der Waals surface area contributed by atoms with Gasteiger partial charge in [-0.25, -0.2) is 9.97 Å². The smallest absolute Gasteiger partial charge is 0.115 e. The maximum atomic E-state index is 4.27. The Morgan fingerprint density at radius 3 is 2.56 bits per heavy atom. The number of hydrogen-bond acceptors (Lipinski definition) is 3. The quantitative estimate of drug-likeness (QED) is 0.768. The summed E-state index contributed by atoms with van der Waals surface area (Å²) in [7, 11) is 0. The van der Waals surface area contributed by atoms with E-state index in [4.69, 9.17) is 0 Å². The fraction of sp³-hybridized carbons (Fsp3) is 0.308. The molecule has 0 aliphatic heterocycles. The van der Waals surface area contributed by atoms with Gasteiger partial charge < -0.3 is 0 Å². The van der Waals surface area contributed by atoms with Crippen LogP contribution in [-0.4, -0.2) is 15.0 Å². The van der Waals surface area contributed by atoms with Crippen molar-refractivity contribution >= 4 is 0 Å². The summed E-state index contributed by atoms with van der Waals surface area (Å²) < 4.78 is 0. The first-order chi connectivity index (χ1) is 7.68. The van der Waals surface area contributed by atoms with E-state index in [0.29, 0.717) is 0 Å². The fourth-order valence-electron chi connectivity index (χ4n) is 1.68. The van der Waals surface area contributed by atoms with E-state index in [2.05, 4.69) is 27.9 Å². The Balaban J connectivity index is 2.35. The Hall–Kier alpha value is -1.77. The van der Waals surface area contributed by atoms with E-state index in [9.17, 15) is 0 Å². The largest absolute Gasteiger partial charge is 0.261 e. The van der Waals surface area contributed by atoms with Crippen molar-refractivity contribution in [1.29, 1.82) is 0 Å². The third kappa shape index (κ3) is 2.08. The molecule has 0 radical (unpaired) electrons. The minimum atomic E-state index is 0.877. The molecule has 0 N–H and O–H groups in total. The van der Waals surface area contributed by atoms with Crippen LogP contribution in [0.4, 0.5) is 0 Å². The van der Waals surface area contributed by atoms with Crippen LogP contribution in [0.2, 0.25) is 0 Å². The van der Waals surface area contributed by atoms with E-state index < -0.39 is 0 Å². The highest BCUT2D eigenvalue weighted by atomic mass is 14.8. The highest BCUT2D eigenvalue weighted by Gasteiger charge is 2.05. The highest BCUT2D eigenvalue weighted by molar-refractivity contribution is 5.33. The van der Waals surface area contributed by atoms with Gasteiger partial charge in [-0.05, 0) is 43.5 Å². The fourth-order valence-corrected chi connectivity index (χ4v) is 1.68. The van der Waals surface area contributed by atoms with Crippen LogP contribution in [0.1, 0.15) is 28.1 Å². The van der Waals surface area contributed by atoms with Gasteiger partial charge in [-0.1, -0.05) is 0 Å². The molecule has 2 aromatic rings. The zero-order valence-electron chi connectivity index (χ0n) is 9.86. The van der Waals surface area contributed by atoms with E-state index in [1.807, 2.05) is 26.2 Å². The molecule has 16 heavy (non-hydrogen) atoms. The van der Waals surface area contributed by atoms with Crippen molar-refractivity contribution in [2.75, 3.05) is 0 Å². The second kappa shape index (κ2) is 4.39. The number of hydrogen-bond donors (Lipinski definition) is 0. The highest BCUT2D eigenvalue weighted by Crippen LogP contribution is 2.15. The minimum Gasteiger partial charge on any atom is -0.261 e. The van der Waals surface area contributed by atoms with Gasteiger partial charge in [-0.2, -0.15) is 0 Å². The predicted octanol–water partition coefficient (Wildman–Crippen LogP) is 2.39. The average molecular weight is 213 g/mol. The summed E-state index contributed by atoms with van der Waals surface area (Å²) in [5, 5.41) is 0. The van der Waals surface area contributed by atoms with Crippen LogP contribution >= 0.6 is 0 Å². The molecule has 2 rings (SSSR count). The van der Waals surface area contributed by atoms with Crippen LogP contribution in [0.25, 0.3) is 0 Å². The van der Waals surface area contributed by atoms with E-state index in [1.165, 1.54) is 16.7 Å². The summed E-state index contributed by atoms with van der Waals surface area (Å²) in [6.45, 7) is 6.16. The van der Waals surface area contributed by atoms with E-state index in [0.717, 1.165) is 17.8 Å². The summed E-state index contributed by atoms with van der Waals surface area (Å²) in [5.74, 6) is 0. The third-order valence-electron chi connectivity index (χ3n) is 2.96. The average Bonchev–Trinajstić information content (AvgIpc) is 2.28. The van der Waals surface area contributed by atoms with Gasteiger partial charge in [-0.3, -0.25) is 4.98 Å². The number of rotatable bonds is 2. The second-order valence-electron chi connectivity index (χ2n) is 3.99. The van der Waals surface area contributed by atoms with Crippen LogP contribution in [-0.2, 0) is 6.42 Å². The van der Waals surface area contributed by atoms with Gasteiger partial charge in [0.1, 0.15) is 6.33 Å². The van der Waals surface area contributed by atoms with Gasteiger partial charge in [0.05, 0.1) is 0 Å². The van der Waals surface area contributed by atoms with Crippen molar-refractivity contribution in [2.24, 2.45) is 0 Å². The summed E-state index contributed by atoms with van der Waals surface area (Å²) in [6, 6.07) is 2.06. The molecule has 0 bridgehead atoms. The molecule has 3 heteroatoms. The molecule has 0 saturated carbocycles. The van der Waals surface area contributed by atoms with Gasteiger partial charge in [0.2, 0.25) is 0 Å². The predicted molar refractivity (Wildman–Crippen MR) is 63.3 cm³/mol. The lowest BCUT2D eigenvalue weighted by molar-refractivity contribution is 0.995. The van der Waals surface area contributed by atoms with Crippen LogP contribution in [0.5, 0.6) is 0 Å². The molecule has 0 aromatic carbocycles.